The first-order valence-electron chi connectivity index (χ1n) is 7.02. The van der Waals surface area contributed by atoms with Gasteiger partial charge in [0.15, 0.2) is 5.65 Å². The van der Waals surface area contributed by atoms with Crippen molar-refractivity contribution in [3.05, 3.63) is 63.5 Å². The lowest BCUT2D eigenvalue weighted by Crippen LogP contribution is -2.14. The minimum Gasteiger partial charge on any atom is -0.326 e. The number of alkyl halides is 3. The lowest BCUT2D eigenvalue weighted by Gasteiger charge is -2.07. The van der Waals surface area contributed by atoms with E-state index in [4.69, 9.17) is 11.6 Å². The number of fused-ring (bicyclic) bond motifs is 1. The maximum Gasteiger partial charge on any atom is 0.417 e. The molecule has 0 unspecified atom stereocenters. The number of anilines is 1. The molecule has 3 rings (SSSR count). The van der Waals surface area contributed by atoms with Crippen molar-refractivity contribution in [1.29, 1.82) is 0 Å². The molecule has 130 valence electrons. The first kappa shape index (κ1) is 17.8. The van der Waals surface area contributed by atoms with Gasteiger partial charge in [-0.1, -0.05) is 27.5 Å². The number of benzene rings is 1. The summed E-state index contributed by atoms with van der Waals surface area (Å²) in [7, 11) is 0. The number of amides is 1. The Morgan fingerprint density at radius 1 is 1.24 bits per heavy atom. The zero-order valence-electron chi connectivity index (χ0n) is 12.4. The van der Waals surface area contributed by atoms with Crippen LogP contribution in [0.4, 0.5) is 18.9 Å². The SMILES string of the molecule is O=C(Cc1cn2cc(C(F)(F)F)cc(Cl)c2n1)Nc1ccc(Br)cc1. The molecule has 0 fully saturated rings. The van der Waals surface area contributed by atoms with Crippen LogP contribution in [0.5, 0.6) is 0 Å². The number of nitrogens with one attached hydrogen (secondary N) is 1. The molecule has 25 heavy (non-hydrogen) atoms. The van der Waals surface area contributed by atoms with E-state index in [1.165, 1.54) is 10.6 Å². The highest BCUT2D eigenvalue weighted by Gasteiger charge is 2.31. The molecule has 0 bridgehead atoms. The summed E-state index contributed by atoms with van der Waals surface area (Å²) in [6.07, 6.45) is -2.35. The molecule has 0 saturated carbocycles. The van der Waals surface area contributed by atoms with Gasteiger partial charge in [-0.15, -0.1) is 0 Å². The van der Waals surface area contributed by atoms with Gasteiger partial charge in [0.05, 0.1) is 22.7 Å². The fraction of sp³-hybridized carbons (Fsp3) is 0.125. The molecule has 2 aromatic heterocycles. The van der Waals surface area contributed by atoms with Gasteiger partial charge in [-0.05, 0) is 30.3 Å². The number of imidazole rings is 1. The van der Waals surface area contributed by atoms with Crippen LogP contribution in [0.2, 0.25) is 5.02 Å². The van der Waals surface area contributed by atoms with Crippen LogP contribution in [-0.4, -0.2) is 15.3 Å². The predicted octanol–water partition coefficient (Wildman–Crippen LogP) is 4.95. The number of rotatable bonds is 3. The van der Waals surface area contributed by atoms with E-state index >= 15 is 0 Å². The summed E-state index contributed by atoms with van der Waals surface area (Å²) in [6, 6.07) is 7.81. The van der Waals surface area contributed by atoms with Crippen LogP contribution in [-0.2, 0) is 17.4 Å². The zero-order chi connectivity index (χ0) is 18.2. The van der Waals surface area contributed by atoms with Crippen molar-refractivity contribution in [3.8, 4) is 0 Å². The van der Waals surface area contributed by atoms with Gasteiger partial charge in [0, 0.05) is 22.6 Å². The lowest BCUT2D eigenvalue weighted by atomic mass is 10.3. The zero-order valence-corrected chi connectivity index (χ0v) is 14.8. The van der Waals surface area contributed by atoms with Crippen LogP contribution in [0.25, 0.3) is 5.65 Å². The van der Waals surface area contributed by atoms with Crippen LogP contribution >= 0.6 is 27.5 Å². The van der Waals surface area contributed by atoms with E-state index in [1.54, 1.807) is 24.3 Å². The third-order valence-electron chi connectivity index (χ3n) is 3.35. The van der Waals surface area contributed by atoms with Gasteiger partial charge >= 0.3 is 6.18 Å². The predicted molar refractivity (Wildman–Crippen MR) is 91.7 cm³/mol. The second kappa shape index (κ2) is 6.68. The fourth-order valence-electron chi connectivity index (χ4n) is 2.25. The first-order valence-corrected chi connectivity index (χ1v) is 8.19. The smallest absolute Gasteiger partial charge is 0.326 e. The van der Waals surface area contributed by atoms with E-state index in [9.17, 15) is 18.0 Å². The van der Waals surface area contributed by atoms with Gasteiger partial charge in [-0.25, -0.2) is 4.98 Å². The second-order valence-corrected chi connectivity index (χ2v) is 6.59. The standard InChI is InChI=1S/C16H10BrClF3N3O/c17-10-1-3-11(4-2-10)22-14(25)6-12-8-24-7-9(16(19,20)21)5-13(18)15(24)23-12/h1-5,7-8H,6H2,(H,22,25). The first-order chi connectivity index (χ1) is 11.7. The highest BCUT2D eigenvalue weighted by Crippen LogP contribution is 2.32. The van der Waals surface area contributed by atoms with E-state index in [0.29, 0.717) is 11.4 Å². The van der Waals surface area contributed by atoms with Crippen molar-refractivity contribution >= 4 is 44.8 Å². The molecule has 3 aromatic rings. The molecule has 9 heteroatoms. The summed E-state index contributed by atoms with van der Waals surface area (Å²) in [6.45, 7) is 0. The molecule has 0 aliphatic carbocycles. The van der Waals surface area contributed by atoms with Crippen molar-refractivity contribution in [2.45, 2.75) is 12.6 Å². The summed E-state index contributed by atoms with van der Waals surface area (Å²) in [4.78, 5) is 16.2. The van der Waals surface area contributed by atoms with Gasteiger partial charge in [0.25, 0.3) is 0 Å². The molecule has 2 heterocycles. The Labute approximate surface area is 153 Å². The monoisotopic (exact) mass is 431 g/mol. The van der Waals surface area contributed by atoms with Crippen LogP contribution in [0.3, 0.4) is 0 Å². The molecule has 0 radical (unpaired) electrons. The lowest BCUT2D eigenvalue weighted by molar-refractivity contribution is -0.137. The molecule has 0 spiro atoms. The Kier molecular flexibility index (Phi) is 4.75. The maximum atomic E-state index is 12.8. The van der Waals surface area contributed by atoms with Crippen LogP contribution in [0.1, 0.15) is 11.3 Å². The van der Waals surface area contributed by atoms with Crippen molar-refractivity contribution in [2.75, 3.05) is 5.32 Å². The molecule has 0 saturated heterocycles. The molecule has 0 atom stereocenters. The topological polar surface area (TPSA) is 46.4 Å². The number of carbonyl (C=O) groups is 1. The third-order valence-corrected chi connectivity index (χ3v) is 4.16. The maximum absolute atomic E-state index is 12.8. The quantitative estimate of drug-likeness (QED) is 0.636. The summed E-state index contributed by atoms with van der Waals surface area (Å²) in [5, 5.41) is 2.56. The van der Waals surface area contributed by atoms with E-state index in [-0.39, 0.29) is 23.0 Å². The Morgan fingerprint density at radius 3 is 2.56 bits per heavy atom. The third kappa shape index (κ3) is 4.13. The number of nitrogens with zero attached hydrogens (tertiary/aromatic N) is 2. The number of halogens is 5. The van der Waals surface area contributed by atoms with E-state index in [2.05, 4.69) is 26.2 Å². The minimum absolute atomic E-state index is 0.0879. The molecule has 1 amide bonds. The number of hydrogen-bond donors (Lipinski definition) is 1. The minimum atomic E-state index is -4.51. The van der Waals surface area contributed by atoms with Gasteiger partial charge in [0.2, 0.25) is 5.91 Å². The van der Waals surface area contributed by atoms with Gasteiger partial charge in [-0.3, -0.25) is 4.79 Å². The van der Waals surface area contributed by atoms with Crippen molar-refractivity contribution < 1.29 is 18.0 Å². The summed E-state index contributed by atoms with van der Waals surface area (Å²) < 4.78 is 40.5. The molecule has 0 aliphatic rings. The molecule has 1 N–H and O–H groups in total. The fourth-order valence-corrected chi connectivity index (χ4v) is 2.77. The number of carbonyl (C=O) groups excluding carboxylic acids is 1. The number of pyridine rings is 1. The largest absolute Gasteiger partial charge is 0.417 e. The molecule has 0 aliphatic heterocycles. The molecular formula is C16H10BrClF3N3O. The number of aromatic nitrogens is 2. The summed E-state index contributed by atoms with van der Waals surface area (Å²) in [5.74, 6) is -0.335. The van der Waals surface area contributed by atoms with Crippen LogP contribution < -0.4 is 5.32 Å². The molecule has 4 nitrogen and oxygen atoms in total. The average Bonchev–Trinajstić information content (AvgIpc) is 2.91. The summed E-state index contributed by atoms with van der Waals surface area (Å²) in [5.41, 5.74) is 0.208. The molecule has 1 aromatic carbocycles. The summed E-state index contributed by atoms with van der Waals surface area (Å²) >= 11 is 9.17. The normalized spacial score (nSPS) is 11.7. The highest BCUT2D eigenvalue weighted by molar-refractivity contribution is 9.10. The Bertz CT molecular complexity index is 938. The van der Waals surface area contributed by atoms with Gasteiger partial charge < -0.3 is 9.72 Å². The van der Waals surface area contributed by atoms with Crippen molar-refractivity contribution in [2.24, 2.45) is 0 Å². The Hall–Kier alpha value is -2.06. The molecular weight excluding hydrogens is 423 g/mol. The van der Waals surface area contributed by atoms with Crippen LogP contribution in [0, 0.1) is 0 Å². The van der Waals surface area contributed by atoms with E-state index < -0.39 is 11.7 Å². The van der Waals surface area contributed by atoms with E-state index in [1.807, 2.05) is 0 Å². The van der Waals surface area contributed by atoms with Crippen molar-refractivity contribution in [1.82, 2.24) is 9.38 Å². The van der Waals surface area contributed by atoms with Gasteiger partial charge in [-0.2, -0.15) is 13.2 Å². The average molecular weight is 433 g/mol. The number of hydrogen-bond acceptors (Lipinski definition) is 2. The van der Waals surface area contributed by atoms with E-state index in [0.717, 1.165) is 16.7 Å². The highest BCUT2D eigenvalue weighted by atomic mass is 79.9. The van der Waals surface area contributed by atoms with Gasteiger partial charge in [0.1, 0.15) is 0 Å². The van der Waals surface area contributed by atoms with Crippen molar-refractivity contribution in [3.63, 3.8) is 0 Å². The van der Waals surface area contributed by atoms with Crippen LogP contribution in [0.15, 0.2) is 47.2 Å². The Balaban J connectivity index is 1.81. The second-order valence-electron chi connectivity index (χ2n) is 5.27. The Morgan fingerprint density at radius 2 is 1.92 bits per heavy atom.